The molecule has 0 atom stereocenters. The number of hydrogen-bond acceptors (Lipinski definition) is 5. The summed E-state index contributed by atoms with van der Waals surface area (Å²) in [7, 11) is 0. The maximum Gasteiger partial charge on any atom is 0.262 e. The maximum absolute atomic E-state index is 7.01. The maximum atomic E-state index is 7.01. The van der Waals surface area contributed by atoms with Gasteiger partial charge in [-0.15, -0.1) is 0 Å². The first-order valence-corrected chi connectivity index (χ1v) is 16.3. The predicted octanol–water partition coefficient (Wildman–Crippen LogP) is 9.45. The van der Waals surface area contributed by atoms with Crippen molar-refractivity contribution in [3.05, 3.63) is 158 Å². The zero-order valence-corrected chi connectivity index (χ0v) is 25.7. The van der Waals surface area contributed by atoms with Gasteiger partial charge in [0, 0.05) is 40.2 Å². The van der Waals surface area contributed by atoms with E-state index in [2.05, 4.69) is 166 Å². The van der Waals surface area contributed by atoms with Crippen LogP contribution in [0.25, 0.3) is 0 Å². The third-order valence-electron chi connectivity index (χ3n) is 9.96. The topological polar surface area (TPSA) is 28.2 Å². The van der Waals surface area contributed by atoms with E-state index in [9.17, 15) is 0 Å². The second-order valence-electron chi connectivity index (χ2n) is 12.5. The number of hydrogen-bond donors (Lipinski definition) is 0. The molecule has 0 saturated heterocycles. The van der Waals surface area contributed by atoms with Crippen LogP contribution in [0.1, 0.15) is 0 Å². The molecule has 0 N–H and O–H groups in total. The number of rotatable bonds is 4. The van der Waals surface area contributed by atoms with Gasteiger partial charge in [0.2, 0.25) is 0 Å². The van der Waals surface area contributed by atoms with Gasteiger partial charge in [-0.3, -0.25) is 0 Å². The summed E-state index contributed by atoms with van der Waals surface area (Å²) in [5, 5.41) is 0. The molecule has 6 heteroatoms. The van der Waals surface area contributed by atoms with E-state index >= 15 is 0 Å². The molecule has 4 aliphatic heterocycles. The van der Waals surface area contributed by atoms with Crippen LogP contribution in [-0.4, -0.2) is 6.71 Å². The predicted molar refractivity (Wildman–Crippen MR) is 195 cm³/mol. The van der Waals surface area contributed by atoms with Crippen LogP contribution in [0.2, 0.25) is 0 Å². The Balaban J connectivity index is 1.24. The van der Waals surface area contributed by atoms with E-state index in [4.69, 9.17) is 9.47 Å². The van der Waals surface area contributed by atoms with Gasteiger partial charge in [0.05, 0.1) is 17.1 Å². The fourth-order valence-electron chi connectivity index (χ4n) is 8.12. The first kappa shape index (κ1) is 25.8. The highest BCUT2D eigenvalue weighted by molar-refractivity contribution is 7.01. The molecule has 0 aliphatic carbocycles. The Bertz CT molecular complexity index is 2400. The standard InChI is InChI=1S/C42H26BN3O2/c1-4-13-27(14-5-1)44(28-15-6-2-7-16-28)30-25-34-40-38(26-30)48-36-22-12-20-32-39(36)43(40)41-33(45(32)29-17-8-3-9-18-29)23-24-37-42(41)46(34)31-19-10-11-21-35(31)47-37/h1-26H. The highest BCUT2D eigenvalue weighted by Gasteiger charge is 2.50. The molecular formula is C42H26BN3O2. The minimum atomic E-state index is -0.0269. The lowest BCUT2D eigenvalue weighted by Crippen LogP contribution is -2.63. The van der Waals surface area contributed by atoms with Crippen molar-refractivity contribution >= 4 is 74.3 Å². The molecule has 7 aromatic carbocycles. The van der Waals surface area contributed by atoms with Crippen LogP contribution in [0.15, 0.2) is 158 Å². The van der Waals surface area contributed by atoms with Crippen molar-refractivity contribution in [2.45, 2.75) is 0 Å². The van der Waals surface area contributed by atoms with Crippen LogP contribution >= 0.6 is 0 Å². The van der Waals surface area contributed by atoms with E-state index in [0.29, 0.717) is 0 Å². The number of para-hydroxylation sites is 5. The van der Waals surface area contributed by atoms with Crippen LogP contribution in [-0.2, 0) is 0 Å². The molecule has 0 bridgehead atoms. The number of fused-ring (bicyclic) bond motifs is 3. The second-order valence-corrected chi connectivity index (χ2v) is 12.5. The van der Waals surface area contributed by atoms with Gasteiger partial charge in [0.25, 0.3) is 6.71 Å². The van der Waals surface area contributed by atoms with Crippen molar-refractivity contribution < 1.29 is 9.47 Å². The molecule has 7 aromatic rings. The Kier molecular flexibility index (Phi) is 5.13. The zero-order chi connectivity index (χ0) is 31.3. The fourth-order valence-corrected chi connectivity index (χ4v) is 8.12. The van der Waals surface area contributed by atoms with Gasteiger partial charge in [-0.1, -0.05) is 72.8 Å². The van der Waals surface area contributed by atoms with Gasteiger partial charge in [-0.2, -0.15) is 0 Å². The highest BCUT2D eigenvalue weighted by atomic mass is 16.5. The molecule has 4 aliphatic rings. The molecule has 0 unspecified atom stereocenters. The highest BCUT2D eigenvalue weighted by Crippen LogP contribution is 2.56. The van der Waals surface area contributed by atoms with Crippen LogP contribution in [0.5, 0.6) is 23.0 Å². The van der Waals surface area contributed by atoms with Crippen molar-refractivity contribution in [1.29, 1.82) is 0 Å². The molecule has 48 heavy (non-hydrogen) atoms. The normalized spacial score (nSPS) is 13.6. The average Bonchev–Trinajstić information content (AvgIpc) is 3.15. The van der Waals surface area contributed by atoms with Gasteiger partial charge in [0.1, 0.15) is 11.5 Å². The van der Waals surface area contributed by atoms with Crippen molar-refractivity contribution in [3.8, 4) is 23.0 Å². The van der Waals surface area contributed by atoms with Gasteiger partial charge in [0.15, 0.2) is 11.5 Å². The van der Waals surface area contributed by atoms with Crippen molar-refractivity contribution in [3.63, 3.8) is 0 Å². The van der Waals surface area contributed by atoms with Gasteiger partial charge < -0.3 is 24.2 Å². The number of anilines is 9. The average molecular weight is 616 g/mol. The van der Waals surface area contributed by atoms with Crippen LogP contribution < -0.4 is 40.6 Å². The van der Waals surface area contributed by atoms with Gasteiger partial charge in [-0.05, 0) is 95.3 Å². The number of nitrogens with zero attached hydrogens (tertiary/aromatic N) is 3. The summed E-state index contributed by atoms with van der Waals surface area (Å²) in [4.78, 5) is 7.10. The van der Waals surface area contributed by atoms with E-state index in [-0.39, 0.29) is 6.71 Å². The first-order valence-electron chi connectivity index (χ1n) is 16.3. The summed E-state index contributed by atoms with van der Waals surface area (Å²) in [5.74, 6) is 3.44. The van der Waals surface area contributed by atoms with Crippen molar-refractivity contribution in [1.82, 2.24) is 0 Å². The van der Waals surface area contributed by atoms with Crippen molar-refractivity contribution in [2.24, 2.45) is 0 Å². The molecule has 11 rings (SSSR count). The van der Waals surface area contributed by atoms with Gasteiger partial charge in [-0.25, -0.2) is 0 Å². The Labute approximate surface area is 278 Å². The van der Waals surface area contributed by atoms with Crippen molar-refractivity contribution in [2.75, 3.05) is 14.7 Å². The molecule has 0 amide bonds. The third kappa shape index (κ3) is 3.41. The molecular weight excluding hydrogens is 589 g/mol. The van der Waals surface area contributed by atoms with Crippen LogP contribution in [0.3, 0.4) is 0 Å². The molecule has 224 valence electrons. The van der Waals surface area contributed by atoms with Crippen LogP contribution in [0, 0.1) is 0 Å². The monoisotopic (exact) mass is 615 g/mol. The number of benzene rings is 7. The Hall–Kier alpha value is -6.40. The van der Waals surface area contributed by atoms with E-state index in [1.165, 1.54) is 16.4 Å². The molecule has 0 spiro atoms. The third-order valence-corrected chi connectivity index (χ3v) is 9.96. The second kappa shape index (κ2) is 9.56. The number of ether oxygens (including phenoxy) is 2. The molecule has 0 radical (unpaired) electrons. The van der Waals surface area contributed by atoms with E-state index in [1.807, 2.05) is 6.07 Å². The largest absolute Gasteiger partial charge is 0.458 e. The molecule has 4 heterocycles. The fraction of sp³-hybridized carbons (Fsp3) is 0. The molecule has 0 aromatic heterocycles. The van der Waals surface area contributed by atoms with E-state index in [0.717, 1.165) is 74.2 Å². The summed E-state index contributed by atoms with van der Waals surface area (Å²) in [5.41, 5.74) is 13.4. The summed E-state index contributed by atoms with van der Waals surface area (Å²) in [6.07, 6.45) is 0. The quantitative estimate of drug-likeness (QED) is 0.184. The summed E-state index contributed by atoms with van der Waals surface area (Å²) in [6, 6.07) is 55.4. The van der Waals surface area contributed by atoms with E-state index in [1.54, 1.807) is 0 Å². The smallest absolute Gasteiger partial charge is 0.262 e. The summed E-state index contributed by atoms with van der Waals surface area (Å²) in [6.45, 7) is -0.0269. The minimum absolute atomic E-state index is 0.0269. The lowest BCUT2D eigenvalue weighted by Gasteiger charge is -2.48. The summed E-state index contributed by atoms with van der Waals surface area (Å²) < 4.78 is 13.7. The SMILES string of the molecule is c1ccc(N(c2ccccc2)c2cc3c4c(c2)N2c5ccccc5Oc5ccc6c(c52)B4c2c(cccc2N6c2ccccc2)O3)cc1. The molecule has 5 nitrogen and oxygen atoms in total. The van der Waals surface area contributed by atoms with Crippen LogP contribution in [0.4, 0.5) is 51.2 Å². The Morgan fingerprint density at radius 1 is 0.396 bits per heavy atom. The zero-order valence-electron chi connectivity index (χ0n) is 25.7. The summed E-state index contributed by atoms with van der Waals surface area (Å²) >= 11 is 0. The Morgan fingerprint density at radius 2 is 1.00 bits per heavy atom. The van der Waals surface area contributed by atoms with Gasteiger partial charge >= 0.3 is 0 Å². The molecule has 0 fully saturated rings. The Morgan fingerprint density at radius 3 is 1.77 bits per heavy atom. The lowest BCUT2D eigenvalue weighted by molar-refractivity contribution is 0.476. The first-order chi connectivity index (χ1) is 23.8. The lowest BCUT2D eigenvalue weighted by atomic mass is 9.32. The molecule has 0 saturated carbocycles. The van der Waals surface area contributed by atoms with E-state index < -0.39 is 0 Å². The minimum Gasteiger partial charge on any atom is -0.458 e.